The van der Waals surface area contributed by atoms with Gasteiger partial charge >= 0.3 is 5.69 Å². The van der Waals surface area contributed by atoms with Gasteiger partial charge in [-0.15, -0.1) is 0 Å². The molecule has 0 radical (unpaired) electrons. The third-order valence-corrected chi connectivity index (χ3v) is 5.09. The number of rotatable bonds is 6. The first-order valence-corrected chi connectivity index (χ1v) is 9.88. The van der Waals surface area contributed by atoms with Gasteiger partial charge in [0, 0.05) is 17.6 Å². The van der Waals surface area contributed by atoms with Crippen LogP contribution in [0.4, 0.5) is 11.5 Å². The summed E-state index contributed by atoms with van der Waals surface area (Å²) in [5.41, 5.74) is 6.99. The number of H-pyrrole nitrogens is 1. The number of anilines is 2. The Bertz CT molecular complexity index is 1310. The molecule has 0 saturated carbocycles. The SMILES string of the molecule is CN(Cc1ncc(-c2ccc(Cl)cc2)o1)c1c(N)n(Cc2ccccc2)c(=O)[nH]c1=O. The van der Waals surface area contributed by atoms with E-state index >= 15 is 0 Å². The van der Waals surface area contributed by atoms with E-state index in [0.717, 1.165) is 11.1 Å². The Morgan fingerprint density at radius 2 is 1.84 bits per heavy atom. The van der Waals surface area contributed by atoms with Crippen molar-refractivity contribution in [3.05, 3.63) is 98.1 Å². The minimum absolute atomic E-state index is 0.0737. The molecule has 3 N–H and O–H groups in total. The van der Waals surface area contributed by atoms with Gasteiger partial charge in [-0.05, 0) is 29.8 Å². The number of halogens is 1. The number of hydrogen-bond acceptors (Lipinski definition) is 6. The van der Waals surface area contributed by atoms with E-state index < -0.39 is 11.2 Å². The lowest BCUT2D eigenvalue weighted by molar-refractivity contribution is 0.504. The third kappa shape index (κ3) is 4.39. The van der Waals surface area contributed by atoms with Crippen LogP contribution in [0.1, 0.15) is 11.5 Å². The van der Waals surface area contributed by atoms with E-state index in [9.17, 15) is 9.59 Å². The lowest BCUT2D eigenvalue weighted by atomic mass is 10.2. The molecular weight excluding hydrogens is 418 g/mol. The summed E-state index contributed by atoms with van der Waals surface area (Å²) < 4.78 is 7.14. The van der Waals surface area contributed by atoms with Crippen molar-refractivity contribution in [3.63, 3.8) is 0 Å². The van der Waals surface area contributed by atoms with Gasteiger partial charge in [0.05, 0.1) is 19.3 Å². The van der Waals surface area contributed by atoms with Gasteiger partial charge in [-0.2, -0.15) is 0 Å². The number of hydrogen-bond donors (Lipinski definition) is 2. The second-order valence-corrected chi connectivity index (χ2v) is 7.48. The van der Waals surface area contributed by atoms with Gasteiger partial charge in [0.15, 0.2) is 5.76 Å². The minimum Gasteiger partial charge on any atom is -0.439 e. The molecule has 0 fully saturated rings. The van der Waals surface area contributed by atoms with E-state index in [-0.39, 0.29) is 24.6 Å². The van der Waals surface area contributed by atoms with Crippen molar-refractivity contribution in [1.29, 1.82) is 0 Å². The van der Waals surface area contributed by atoms with Crippen LogP contribution >= 0.6 is 11.6 Å². The van der Waals surface area contributed by atoms with Crippen LogP contribution in [0.15, 0.2) is 74.8 Å². The highest BCUT2D eigenvalue weighted by molar-refractivity contribution is 6.30. The molecule has 158 valence electrons. The van der Waals surface area contributed by atoms with Crippen LogP contribution in [-0.4, -0.2) is 21.6 Å². The molecule has 4 rings (SSSR count). The number of aromatic nitrogens is 3. The summed E-state index contributed by atoms with van der Waals surface area (Å²) in [4.78, 5) is 33.1. The Labute approximate surface area is 182 Å². The van der Waals surface area contributed by atoms with Gasteiger partial charge in [0.25, 0.3) is 5.56 Å². The van der Waals surface area contributed by atoms with Gasteiger partial charge in [-0.1, -0.05) is 41.9 Å². The number of nitrogens with two attached hydrogens (primary N) is 1. The van der Waals surface area contributed by atoms with Crippen molar-refractivity contribution in [2.24, 2.45) is 0 Å². The maximum atomic E-state index is 12.5. The maximum Gasteiger partial charge on any atom is 0.330 e. The second-order valence-electron chi connectivity index (χ2n) is 7.05. The van der Waals surface area contributed by atoms with E-state index in [1.807, 2.05) is 42.5 Å². The van der Waals surface area contributed by atoms with Crippen LogP contribution in [-0.2, 0) is 13.1 Å². The highest BCUT2D eigenvalue weighted by Crippen LogP contribution is 2.24. The molecule has 4 aromatic rings. The van der Waals surface area contributed by atoms with E-state index in [1.54, 1.807) is 30.3 Å². The zero-order chi connectivity index (χ0) is 22.0. The Morgan fingerprint density at radius 3 is 2.55 bits per heavy atom. The minimum atomic E-state index is -0.571. The second kappa shape index (κ2) is 8.53. The summed E-state index contributed by atoms with van der Waals surface area (Å²) in [6, 6.07) is 16.6. The Morgan fingerprint density at radius 1 is 1.13 bits per heavy atom. The van der Waals surface area contributed by atoms with Crippen LogP contribution in [0.5, 0.6) is 0 Å². The first-order valence-electron chi connectivity index (χ1n) is 9.50. The van der Waals surface area contributed by atoms with Crippen molar-refractivity contribution >= 4 is 23.1 Å². The summed E-state index contributed by atoms with van der Waals surface area (Å²) in [7, 11) is 1.68. The fourth-order valence-electron chi connectivity index (χ4n) is 3.28. The molecule has 31 heavy (non-hydrogen) atoms. The Kier molecular flexibility index (Phi) is 5.64. The number of aromatic amines is 1. The first-order chi connectivity index (χ1) is 14.9. The highest BCUT2D eigenvalue weighted by Gasteiger charge is 2.18. The molecule has 0 saturated heterocycles. The lowest BCUT2D eigenvalue weighted by Crippen LogP contribution is -2.37. The van der Waals surface area contributed by atoms with Crippen molar-refractivity contribution in [2.45, 2.75) is 13.1 Å². The van der Waals surface area contributed by atoms with Gasteiger partial charge in [0.2, 0.25) is 5.89 Å². The Hall–Kier alpha value is -3.78. The topological polar surface area (TPSA) is 110 Å². The molecule has 0 aliphatic carbocycles. The predicted octanol–water partition coefficient (Wildman–Crippen LogP) is 3.11. The predicted molar refractivity (Wildman–Crippen MR) is 120 cm³/mol. The van der Waals surface area contributed by atoms with Gasteiger partial charge in [0.1, 0.15) is 11.5 Å². The van der Waals surface area contributed by atoms with E-state index in [4.69, 9.17) is 21.8 Å². The number of benzene rings is 2. The maximum absolute atomic E-state index is 12.5. The van der Waals surface area contributed by atoms with Gasteiger partial charge < -0.3 is 15.1 Å². The molecule has 2 aromatic carbocycles. The quantitative estimate of drug-likeness (QED) is 0.479. The molecule has 0 aliphatic heterocycles. The van der Waals surface area contributed by atoms with Crippen LogP contribution in [0.3, 0.4) is 0 Å². The molecule has 0 atom stereocenters. The molecule has 0 unspecified atom stereocenters. The first kappa shape index (κ1) is 20.5. The van der Waals surface area contributed by atoms with Crippen LogP contribution in [0.2, 0.25) is 5.02 Å². The Balaban J connectivity index is 1.61. The zero-order valence-electron chi connectivity index (χ0n) is 16.7. The molecule has 0 bridgehead atoms. The fraction of sp³-hybridized carbons (Fsp3) is 0.136. The van der Waals surface area contributed by atoms with Crippen molar-refractivity contribution in [3.8, 4) is 11.3 Å². The van der Waals surface area contributed by atoms with Crippen molar-refractivity contribution in [2.75, 3.05) is 17.7 Å². The van der Waals surface area contributed by atoms with Crippen molar-refractivity contribution < 1.29 is 4.42 Å². The van der Waals surface area contributed by atoms with E-state index in [0.29, 0.717) is 16.7 Å². The van der Waals surface area contributed by atoms with Crippen LogP contribution < -0.4 is 21.9 Å². The van der Waals surface area contributed by atoms with E-state index in [1.165, 1.54) is 4.57 Å². The number of oxazole rings is 1. The van der Waals surface area contributed by atoms with E-state index in [2.05, 4.69) is 9.97 Å². The number of nitrogens with one attached hydrogen (secondary N) is 1. The molecule has 0 aliphatic rings. The summed E-state index contributed by atoms with van der Waals surface area (Å²) in [5, 5.41) is 0.628. The summed E-state index contributed by atoms with van der Waals surface area (Å²) in [6.07, 6.45) is 1.61. The molecule has 0 amide bonds. The average Bonchev–Trinajstić information content (AvgIpc) is 3.20. The van der Waals surface area contributed by atoms with Gasteiger partial charge in [-0.25, -0.2) is 9.78 Å². The fourth-order valence-corrected chi connectivity index (χ4v) is 3.41. The monoisotopic (exact) mass is 437 g/mol. The molecule has 0 spiro atoms. The zero-order valence-corrected chi connectivity index (χ0v) is 17.5. The molecule has 9 heteroatoms. The smallest absolute Gasteiger partial charge is 0.330 e. The molecular formula is C22H20ClN5O3. The normalized spacial score (nSPS) is 10.9. The number of nitrogen functional groups attached to an aromatic ring is 1. The molecule has 2 aromatic heterocycles. The highest BCUT2D eigenvalue weighted by atomic mass is 35.5. The summed E-state index contributed by atoms with van der Waals surface area (Å²) in [6.45, 7) is 0.424. The van der Waals surface area contributed by atoms with Gasteiger partial charge in [-0.3, -0.25) is 14.3 Å². The standard InChI is InChI=1S/C22H20ClN5O3/c1-27(13-18-25-11-17(31-18)15-7-9-16(23)10-8-15)19-20(24)28(22(30)26-21(19)29)12-14-5-3-2-4-6-14/h2-11H,12-13,24H2,1H3,(H,26,29,30). The lowest BCUT2D eigenvalue weighted by Gasteiger charge is -2.20. The summed E-state index contributed by atoms with van der Waals surface area (Å²) in [5.74, 6) is 1.05. The summed E-state index contributed by atoms with van der Waals surface area (Å²) >= 11 is 5.92. The average molecular weight is 438 g/mol. The van der Waals surface area contributed by atoms with Crippen LogP contribution in [0.25, 0.3) is 11.3 Å². The number of nitrogens with zero attached hydrogens (tertiary/aromatic N) is 3. The van der Waals surface area contributed by atoms with Crippen LogP contribution in [0, 0.1) is 0 Å². The van der Waals surface area contributed by atoms with Crippen molar-refractivity contribution in [1.82, 2.24) is 14.5 Å². The third-order valence-electron chi connectivity index (χ3n) is 4.83. The largest absolute Gasteiger partial charge is 0.439 e. The molecule has 2 heterocycles. The molecule has 8 nitrogen and oxygen atoms in total.